The Kier molecular flexibility index (Phi) is 5.97. The number of benzene rings is 2. The number of hydrogen-bond acceptors (Lipinski definition) is 6. The van der Waals surface area contributed by atoms with Gasteiger partial charge in [-0.25, -0.2) is 4.98 Å². The van der Waals surface area contributed by atoms with Crippen LogP contribution in [-0.4, -0.2) is 48.8 Å². The van der Waals surface area contributed by atoms with Crippen molar-refractivity contribution in [3.8, 4) is 5.75 Å². The molecule has 1 aliphatic rings. The molecule has 2 heterocycles. The van der Waals surface area contributed by atoms with Gasteiger partial charge in [-0.15, -0.1) is 0 Å². The van der Waals surface area contributed by atoms with Crippen molar-refractivity contribution in [3.63, 3.8) is 0 Å². The quantitative estimate of drug-likeness (QED) is 0.624. The molecule has 1 amide bonds. The van der Waals surface area contributed by atoms with Gasteiger partial charge in [0, 0.05) is 18.7 Å². The summed E-state index contributed by atoms with van der Waals surface area (Å²) in [5.74, 6) is 0.749. The number of anilines is 1. The van der Waals surface area contributed by atoms with E-state index in [1.807, 2.05) is 42.5 Å². The van der Waals surface area contributed by atoms with E-state index in [-0.39, 0.29) is 18.6 Å². The first-order valence-electron chi connectivity index (χ1n) is 9.87. The van der Waals surface area contributed by atoms with Crippen molar-refractivity contribution >= 4 is 32.6 Å². The highest BCUT2D eigenvalue weighted by Gasteiger charge is 2.26. The lowest BCUT2D eigenvalue weighted by atomic mass is 10.1. The second-order valence-electron chi connectivity index (χ2n) is 7.20. The van der Waals surface area contributed by atoms with Gasteiger partial charge in [-0.2, -0.15) is 0 Å². The monoisotopic (exact) mass is 411 g/mol. The molecule has 0 bridgehead atoms. The van der Waals surface area contributed by atoms with Gasteiger partial charge in [0.25, 0.3) is 5.91 Å². The van der Waals surface area contributed by atoms with E-state index in [0.29, 0.717) is 12.1 Å². The third kappa shape index (κ3) is 4.36. The largest absolute Gasteiger partial charge is 0.497 e. The average Bonchev–Trinajstić information content (AvgIpc) is 3.39. The SMILES string of the molecule is COc1ccc(CCNC(=O)c2ccc3nc(N4CCCC4CO)sc3c2)cc1. The number of carbonyl (C=O) groups is 1. The molecule has 6 nitrogen and oxygen atoms in total. The molecule has 152 valence electrons. The molecule has 1 saturated heterocycles. The van der Waals surface area contributed by atoms with Crippen molar-refractivity contribution in [2.45, 2.75) is 25.3 Å². The summed E-state index contributed by atoms with van der Waals surface area (Å²) in [6, 6.07) is 13.6. The van der Waals surface area contributed by atoms with Gasteiger partial charge in [0.15, 0.2) is 5.13 Å². The van der Waals surface area contributed by atoms with Crippen LogP contribution in [0, 0.1) is 0 Å². The maximum atomic E-state index is 12.6. The lowest BCUT2D eigenvalue weighted by molar-refractivity contribution is 0.0954. The first-order valence-corrected chi connectivity index (χ1v) is 10.7. The van der Waals surface area contributed by atoms with Gasteiger partial charge >= 0.3 is 0 Å². The Morgan fingerprint density at radius 3 is 2.90 bits per heavy atom. The van der Waals surface area contributed by atoms with E-state index in [1.165, 1.54) is 0 Å². The predicted octanol–water partition coefficient (Wildman–Crippen LogP) is 3.24. The zero-order valence-corrected chi connectivity index (χ0v) is 17.2. The molecule has 1 atom stereocenters. The molecule has 7 heteroatoms. The number of nitrogens with one attached hydrogen (secondary N) is 1. The van der Waals surface area contributed by atoms with E-state index in [9.17, 15) is 9.90 Å². The molecule has 4 rings (SSSR count). The minimum Gasteiger partial charge on any atom is -0.497 e. The Bertz CT molecular complexity index is 987. The molecule has 1 unspecified atom stereocenters. The number of aromatic nitrogens is 1. The van der Waals surface area contributed by atoms with Gasteiger partial charge in [-0.3, -0.25) is 4.79 Å². The van der Waals surface area contributed by atoms with E-state index in [4.69, 9.17) is 9.72 Å². The standard InChI is InChI=1S/C22H25N3O3S/c1-28-18-7-4-15(5-8-18)10-11-23-21(27)16-6-9-19-20(13-16)29-22(24-19)25-12-2-3-17(25)14-26/h4-9,13,17,26H,2-3,10-12,14H2,1H3,(H,23,27). The number of aliphatic hydroxyl groups is 1. The van der Waals surface area contributed by atoms with Crippen molar-refractivity contribution < 1.29 is 14.6 Å². The van der Waals surface area contributed by atoms with Crippen LogP contribution in [0.5, 0.6) is 5.75 Å². The normalized spacial score (nSPS) is 16.3. The minimum absolute atomic E-state index is 0.0789. The van der Waals surface area contributed by atoms with Gasteiger partial charge in [0.2, 0.25) is 0 Å². The summed E-state index contributed by atoms with van der Waals surface area (Å²) in [5.41, 5.74) is 2.68. The molecular weight excluding hydrogens is 386 g/mol. The lowest BCUT2D eigenvalue weighted by Crippen LogP contribution is -2.31. The Balaban J connectivity index is 1.39. The third-order valence-corrected chi connectivity index (χ3v) is 6.39. The average molecular weight is 412 g/mol. The maximum Gasteiger partial charge on any atom is 0.251 e. The molecule has 0 spiro atoms. The van der Waals surface area contributed by atoms with E-state index < -0.39 is 0 Å². The first kappa shape index (κ1) is 19.7. The zero-order valence-electron chi connectivity index (χ0n) is 16.4. The summed E-state index contributed by atoms with van der Waals surface area (Å²) in [6.45, 7) is 1.64. The van der Waals surface area contributed by atoms with Crippen molar-refractivity contribution in [2.24, 2.45) is 0 Å². The van der Waals surface area contributed by atoms with Crippen molar-refractivity contribution in [1.82, 2.24) is 10.3 Å². The summed E-state index contributed by atoms with van der Waals surface area (Å²) in [6.07, 6.45) is 2.83. The van der Waals surface area contributed by atoms with Crippen LogP contribution in [0.4, 0.5) is 5.13 Å². The number of thiazole rings is 1. The van der Waals surface area contributed by atoms with Crippen LogP contribution in [-0.2, 0) is 6.42 Å². The van der Waals surface area contributed by atoms with Gasteiger partial charge < -0.3 is 20.1 Å². The third-order valence-electron chi connectivity index (χ3n) is 5.33. The second-order valence-corrected chi connectivity index (χ2v) is 8.21. The number of rotatable bonds is 7. The van der Waals surface area contributed by atoms with E-state index >= 15 is 0 Å². The van der Waals surface area contributed by atoms with Crippen molar-refractivity contribution in [1.29, 1.82) is 0 Å². The molecule has 1 aromatic heterocycles. The van der Waals surface area contributed by atoms with Gasteiger partial charge in [0.05, 0.1) is 30.0 Å². The molecule has 1 aliphatic heterocycles. The maximum absolute atomic E-state index is 12.6. The summed E-state index contributed by atoms with van der Waals surface area (Å²) < 4.78 is 6.15. The minimum atomic E-state index is -0.0789. The van der Waals surface area contributed by atoms with Crippen molar-refractivity contribution in [3.05, 3.63) is 53.6 Å². The van der Waals surface area contributed by atoms with Crippen LogP contribution in [0.25, 0.3) is 10.2 Å². The molecule has 29 heavy (non-hydrogen) atoms. The highest BCUT2D eigenvalue weighted by molar-refractivity contribution is 7.22. The predicted molar refractivity (Wildman–Crippen MR) is 116 cm³/mol. The molecular formula is C22H25N3O3S. The molecule has 0 aliphatic carbocycles. The fourth-order valence-electron chi connectivity index (χ4n) is 3.67. The highest BCUT2D eigenvalue weighted by atomic mass is 32.1. The van der Waals surface area contributed by atoms with Crippen LogP contribution in [0.1, 0.15) is 28.8 Å². The fraction of sp³-hybridized carbons (Fsp3) is 0.364. The zero-order chi connectivity index (χ0) is 20.2. The number of ether oxygens (including phenoxy) is 1. The van der Waals surface area contributed by atoms with Crippen LogP contribution >= 0.6 is 11.3 Å². The molecule has 1 fully saturated rings. The number of methoxy groups -OCH3 is 1. The summed E-state index contributed by atoms with van der Waals surface area (Å²) in [7, 11) is 1.65. The number of hydrogen-bond donors (Lipinski definition) is 2. The molecule has 2 N–H and O–H groups in total. The van der Waals surface area contributed by atoms with Crippen LogP contribution in [0.3, 0.4) is 0 Å². The Hall–Kier alpha value is -2.64. The summed E-state index contributed by atoms with van der Waals surface area (Å²) in [5, 5.41) is 13.5. The van der Waals surface area contributed by atoms with E-state index in [2.05, 4.69) is 10.2 Å². The van der Waals surface area contributed by atoms with E-state index in [1.54, 1.807) is 18.4 Å². The number of fused-ring (bicyclic) bond motifs is 1. The number of amides is 1. The topological polar surface area (TPSA) is 74.7 Å². The number of carbonyl (C=O) groups excluding carboxylic acids is 1. The molecule has 0 radical (unpaired) electrons. The van der Waals surface area contributed by atoms with E-state index in [0.717, 1.165) is 52.5 Å². The lowest BCUT2D eigenvalue weighted by Gasteiger charge is -2.21. The van der Waals surface area contributed by atoms with Gasteiger partial charge in [-0.05, 0) is 55.2 Å². The smallest absolute Gasteiger partial charge is 0.251 e. The highest BCUT2D eigenvalue weighted by Crippen LogP contribution is 2.33. The Morgan fingerprint density at radius 2 is 2.14 bits per heavy atom. The first-order chi connectivity index (χ1) is 14.2. The molecule has 3 aromatic rings. The Morgan fingerprint density at radius 1 is 1.31 bits per heavy atom. The van der Waals surface area contributed by atoms with Crippen LogP contribution in [0.2, 0.25) is 0 Å². The second kappa shape index (κ2) is 8.80. The summed E-state index contributed by atoms with van der Waals surface area (Å²) in [4.78, 5) is 19.4. The van der Waals surface area contributed by atoms with Gasteiger partial charge in [0.1, 0.15) is 5.75 Å². The molecule has 0 saturated carbocycles. The van der Waals surface area contributed by atoms with Crippen LogP contribution < -0.4 is 15.0 Å². The number of nitrogens with zero attached hydrogens (tertiary/aromatic N) is 2. The van der Waals surface area contributed by atoms with Gasteiger partial charge in [-0.1, -0.05) is 23.5 Å². The van der Waals surface area contributed by atoms with Crippen LogP contribution in [0.15, 0.2) is 42.5 Å². The Labute approximate surface area is 174 Å². The molecule has 2 aromatic carbocycles. The van der Waals surface area contributed by atoms with Crippen molar-refractivity contribution in [2.75, 3.05) is 31.7 Å². The summed E-state index contributed by atoms with van der Waals surface area (Å²) >= 11 is 1.58. The fourth-order valence-corrected chi connectivity index (χ4v) is 4.77. The number of aliphatic hydroxyl groups excluding tert-OH is 1.